The molecule has 108 valence electrons. The summed E-state index contributed by atoms with van der Waals surface area (Å²) in [6.45, 7) is 5.86. The fourth-order valence-electron chi connectivity index (χ4n) is 1.82. The predicted molar refractivity (Wildman–Crippen MR) is 79.6 cm³/mol. The number of nitrogens with one attached hydrogen (secondary N) is 1. The van der Waals surface area contributed by atoms with Crippen molar-refractivity contribution in [2.24, 2.45) is 0 Å². The van der Waals surface area contributed by atoms with Crippen LogP contribution >= 0.6 is 0 Å². The molecule has 0 radical (unpaired) electrons. The van der Waals surface area contributed by atoms with E-state index >= 15 is 0 Å². The molecule has 5 heteroatoms. The Labute approximate surface area is 116 Å². The largest absolute Gasteiger partial charge is 0.316 e. The molecule has 1 aromatic carbocycles. The molecular formula is C14H24N2O2S. The molecule has 0 unspecified atom stereocenters. The van der Waals surface area contributed by atoms with Crippen molar-refractivity contribution in [3.8, 4) is 0 Å². The van der Waals surface area contributed by atoms with Crippen molar-refractivity contribution < 1.29 is 8.42 Å². The highest BCUT2D eigenvalue weighted by molar-refractivity contribution is 7.89. The molecule has 0 atom stereocenters. The lowest BCUT2D eigenvalue weighted by molar-refractivity contribution is 0.465. The molecular weight excluding hydrogens is 260 g/mol. The average Bonchev–Trinajstić information content (AvgIpc) is 2.34. The van der Waals surface area contributed by atoms with Gasteiger partial charge in [-0.15, -0.1) is 0 Å². The minimum atomic E-state index is -3.18. The molecule has 0 spiro atoms. The molecule has 0 amide bonds. The van der Waals surface area contributed by atoms with Crippen LogP contribution in [0.3, 0.4) is 0 Å². The lowest BCUT2D eigenvalue weighted by Crippen LogP contribution is -2.33. The molecule has 0 aliphatic carbocycles. The van der Waals surface area contributed by atoms with Gasteiger partial charge in [0.2, 0.25) is 10.0 Å². The summed E-state index contributed by atoms with van der Waals surface area (Å²) in [5, 5.41) is 3.11. The molecule has 0 aliphatic rings. The van der Waals surface area contributed by atoms with E-state index in [9.17, 15) is 8.42 Å². The van der Waals surface area contributed by atoms with E-state index in [0.717, 1.165) is 24.1 Å². The number of hydrogen-bond acceptors (Lipinski definition) is 3. The summed E-state index contributed by atoms with van der Waals surface area (Å²) in [6, 6.07) is 7.93. The topological polar surface area (TPSA) is 49.4 Å². The van der Waals surface area contributed by atoms with Crippen LogP contribution in [0.5, 0.6) is 0 Å². The van der Waals surface area contributed by atoms with E-state index in [2.05, 4.69) is 12.2 Å². The van der Waals surface area contributed by atoms with Gasteiger partial charge in [-0.05, 0) is 25.5 Å². The summed E-state index contributed by atoms with van der Waals surface area (Å²) >= 11 is 0. The second-order valence-corrected chi connectivity index (χ2v) is 7.01. The van der Waals surface area contributed by atoms with Crippen molar-refractivity contribution >= 4 is 10.0 Å². The molecule has 4 nitrogen and oxygen atoms in total. The summed E-state index contributed by atoms with van der Waals surface area (Å²) in [5.41, 5.74) is 2.17. The fraction of sp³-hybridized carbons (Fsp3) is 0.571. The van der Waals surface area contributed by atoms with Crippen LogP contribution in [0, 0.1) is 6.92 Å². The summed E-state index contributed by atoms with van der Waals surface area (Å²) in [4.78, 5) is 0. The van der Waals surface area contributed by atoms with E-state index in [0.29, 0.717) is 13.1 Å². The van der Waals surface area contributed by atoms with Gasteiger partial charge in [-0.3, -0.25) is 0 Å². The first kappa shape index (κ1) is 16.1. The molecule has 0 aromatic heterocycles. The van der Waals surface area contributed by atoms with Gasteiger partial charge >= 0.3 is 0 Å². The van der Waals surface area contributed by atoms with Crippen LogP contribution in [-0.4, -0.2) is 38.6 Å². The number of benzene rings is 1. The molecule has 0 fully saturated rings. The monoisotopic (exact) mass is 284 g/mol. The molecule has 0 saturated carbocycles. The van der Waals surface area contributed by atoms with Crippen LogP contribution in [0.4, 0.5) is 0 Å². The molecule has 0 saturated heterocycles. The Morgan fingerprint density at radius 1 is 1.26 bits per heavy atom. The fourth-order valence-corrected chi connectivity index (χ4v) is 2.88. The second kappa shape index (κ2) is 7.62. The summed E-state index contributed by atoms with van der Waals surface area (Å²) in [6.07, 6.45) is 1.01. The van der Waals surface area contributed by atoms with Crippen LogP contribution < -0.4 is 5.32 Å². The molecule has 1 rings (SSSR count). The van der Waals surface area contributed by atoms with E-state index < -0.39 is 10.0 Å². The third-order valence-corrected chi connectivity index (χ3v) is 4.73. The quantitative estimate of drug-likeness (QED) is 0.740. The second-order valence-electron chi connectivity index (χ2n) is 4.81. The minimum Gasteiger partial charge on any atom is -0.316 e. The predicted octanol–water partition coefficient (Wildman–Crippen LogP) is 1.76. The summed E-state index contributed by atoms with van der Waals surface area (Å²) < 4.78 is 25.6. The number of aryl methyl sites for hydroxylation is 1. The first-order chi connectivity index (χ1) is 8.95. The first-order valence-corrected chi connectivity index (χ1v) is 8.27. The van der Waals surface area contributed by atoms with Gasteiger partial charge < -0.3 is 5.32 Å². The minimum absolute atomic E-state index is 0.148. The van der Waals surface area contributed by atoms with E-state index in [1.54, 1.807) is 7.05 Å². The molecule has 19 heavy (non-hydrogen) atoms. The molecule has 1 aromatic rings. The summed E-state index contributed by atoms with van der Waals surface area (Å²) in [5.74, 6) is 0.148. The lowest BCUT2D eigenvalue weighted by Gasteiger charge is -2.17. The smallest absolute Gasteiger partial charge is 0.215 e. The van der Waals surface area contributed by atoms with Crippen molar-refractivity contribution in [2.45, 2.75) is 26.8 Å². The van der Waals surface area contributed by atoms with Crippen molar-refractivity contribution in [3.05, 3.63) is 35.4 Å². The molecule has 1 N–H and O–H groups in total. The van der Waals surface area contributed by atoms with Crippen molar-refractivity contribution in [1.82, 2.24) is 9.62 Å². The third kappa shape index (κ3) is 5.72. The summed E-state index contributed by atoms with van der Waals surface area (Å²) in [7, 11) is -1.54. The highest BCUT2D eigenvalue weighted by atomic mass is 32.2. The lowest BCUT2D eigenvalue weighted by atomic mass is 10.1. The van der Waals surface area contributed by atoms with Gasteiger partial charge in [0.15, 0.2) is 0 Å². The van der Waals surface area contributed by atoms with Gasteiger partial charge in [-0.1, -0.05) is 36.8 Å². The van der Waals surface area contributed by atoms with Crippen LogP contribution in [-0.2, 0) is 16.6 Å². The Morgan fingerprint density at radius 2 is 2.00 bits per heavy atom. The average molecular weight is 284 g/mol. The maximum Gasteiger partial charge on any atom is 0.215 e. The number of sulfonamides is 1. The normalized spacial score (nSPS) is 12.0. The van der Waals surface area contributed by atoms with E-state index in [4.69, 9.17) is 0 Å². The van der Waals surface area contributed by atoms with Crippen molar-refractivity contribution in [3.63, 3.8) is 0 Å². The number of nitrogens with zero attached hydrogens (tertiary/aromatic N) is 1. The van der Waals surface area contributed by atoms with E-state index in [-0.39, 0.29) is 5.75 Å². The van der Waals surface area contributed by atoms with Crippen LogP contribution in [0.2, 0.25) is 0 Å². The highest BCUT2D eigenvalue weighted by Gasteiger charge is 2.17. The zero-order valence-corrected chi connectivity index (χ0v) is 12.8. The van der Waals surface area contributed by atoms with Gasteiger partial charge in [-0.25, -0.2) is 12.7 Å². The van der Waals surface area contributed by atoms with Gasteiger partial charge in [-0.2, -0.15) is 0 Å². The standard InChI is InChI=1S/C14H24N2O2S/c1-4-8-15-9-10-19(17,18)16(3)12-14-7-5-6-13(2)11-14/h5-7,11,15H,4,8-10,12H2,1-3H3. The van der Waals surface area contributed by atoms with E-state index in [1.165, 1.54) is 4.31 Å². The molecule has 0 aliphatic heterocycles. The Balaban J connectivity index is 2.53. The first-order valence-electron chi connectivity index (χ1n) is 6.66. The SMILES string of the molecule is CCCNCCS(=O)(=O)N(C)Cc1cccc(C)c1. The van der Waals surface area contributed by atoms with Crippen LogP contribution in [0.25, 0.3) is 0 Å². The van der Waals surface area contributed by atoms with Gasteiger partial charge in [0.1, 0.15) is 0 Å². The maximum absolute atomic E-state index is 12.1. The maximum atomic E-state index is 12.1. The van der Waals surface area contributed by atoms with Gasteiger partial charge in [0.25, 0.3) is 0 Å². The molecule has 0 bridgehead atoms. The highest BCUT2D eigenvalue weighted by Crippen LogP contribution is 2.09. The van der Waals surface area contributed by atoms with Crippen molar-refractivity contribution in [1.29, 1.82) is 0 Å². The van der Waals surface area contributed by atoms with E-state index in [1.807, 2.05) is 31.2 Å². The zero-order valence-electron chi connectivity index (χ0n) is 12.0. The Bertz CT molecular complexity index is 486. The Hall–Kier alpha value is -0.910. The Morgan fingerprint density at radius 3 is 2.63 bits per heavy atom. The third-order valence-electron chi connectivity index (χ3n) is 2.93. The van der Waals surface area contributed by atoms with Crippen LogP contribution in [0.15, 0.2) is 24.3 Å². The number of hydrogen-bond donors (Lipinski definition) is 1. The van der Waals surface area contributed by atoms with Gasteiger partial charge in [0.05, 0.1) is 5.75 Å². The Kier molecular flexibility index (Phi) is 6.48. The van der Waals surface area contributed by atoms with Crippen LogP contribution in [0.1, 0.15) is 24.5 Å². The number of rotatable bonds is 8. The molecule has 0 heterocycles. The van der Waals surface area contributed by atoms with Crippen molar-refractivity contribution in [2.75, 3.05) is 25.9 Å². The zero-order chi connectivity index (χ0) is 14.3. The van der Waals surface area contributed by atoms with Gasteiger partial charge in [0, 0.05) is 20.1 Å².